The monoisotopic (exact) mass is 320 g/mol. The minimum Gasteiger partial charge on any atom is -0.0649 e. The van der Waals surface area contributed by atoms with Crippen molar-refractivity contribution in [1.29, 1.82) is 0 Å². The molecule has 2 rings (SSSR count). The normalized spacial score (nSPS) is 31.0. The van der Waals surface area contributed by atoms with Gasteiger partial charge in [0.25, 0.3) is 0 Å². The number of rotatable bonds is 10. The smallest absolute Gasteiger partial charge is 0.0298 e. The third-order valence-corrected chi connectivity index (χ3v) is 8.10. The summed E-state index contributed by atoms with van der Waals surface area (Å²) >= 11 is 0. The summed E-state index contributed by atoms with van der Waals surface area (Å²) in [5.41, 5.74) is 1.39. The van der Waals surface area contributed by atoms with Crippen LogP contribution >= 0.6 is 0 Å². The van der Waals surface area contributed by atoms with Gasteiger partial charge in [-0.1, -0.05) is 86.5 Å². The van der Waals surface area contributed by atoms with Crippen molar-refractivity contribution in [3.63, 3.8) is 0 Å². The van der Waals surface area contributed by atoms with Crippen LogP contribution in [-0.2, 0) is 0 Å². The molecule has 0 bridgehead atoms. The lowest BCUT2D eigenvalue weighted by Gasteiger charge is -2.50. The van der Waals surface area contributed by atoms with E-state index in [1.54, 1.807) is 0 Å². The second-order valence-electron chi connectivity index (χ2n) is 10.4. The summed E-state index contributed by atoms with van der Waals surface area (Å²) in [7, 11) is 0. The highest BCUT2D eigenvalue weighted by atomic mass is 14.5. The molecule has 0 spiro atoms. The van der Waals surface area contributed by atoms with Gasteiger partial charge in [-0.15, -0.1) is 0 Å². The quantitative estimate of drug-likeness (QED) is 0.384. The first-order chi connectivity index (χ1) is 10.8. The molecule has 0 aromatic carbocycles. The molecule has 136 valence electrons. The van der Waals surface area contributed by atoms with Gasteiger partial charge >= 0.3 is 0 Å². The van der Waals surface area contributed by atoms with Crippen LogP contribution in [0.4, 0.5) is 0 Å². The molecule has 0 nitrogen and oxygen atoms in total. The van der Waals surface area contributed by atoms with Gasteiger partial charge in [0, 0.05) is 0 Å². The van der Waals surface area contributed by atoms with Crippen molar-refractivity contribution in [1.82, 2.24) is 0 Å². The predicted molar refractivity (Wildman–Crippen MR) is 104 cm³/mol. The van der Waals surface area contributed by atoms with Crippen LogP contribution in [0.5, 0.6) is 0 Å². The van der Waals surface area contributed by atoms with Crippen LogP contribution in [0.25, 0.3) is 0 Å². The third-order valence-electron chi connectivity index (χ3n) is 8.10. The summed E-state index contributed by atoms with van der Waals surface area (Å²) in [6.07, 6.45) is 16.3. The van der Waals surface area contributed by atoms with Crippen LogP contribution in [-0.4, -0.2) is 0 Å². The molecule has 0 heteroatoms. The van der Waals surface area contributed by atoms with Gasteiger partial charge in [-0.2, -0.15) is 0 Å². The van der Waals surface area contributed by atoms with E-state index in [2.05, 4.69) is 41.5 Å². The first kappa shape index (κ1) is 19.3. The summed E-state index contributed by atoms with van der Waals surface area (Å²) in [6, 6.07) is 0. The maximum Gasteiger partial charge on any atom is -0.0298 e. The maximum absolute atomic E-state index is 2.51. The van der Waals surface area contributed by atoms with E-state index in [0.717, 1.165) is 29.1 Å². The minimum atomic E-state index is 0.627. The zero-order valence-electron chi connectivity index (χ0n) is 17.1. The van der Waals surface area contributed by atoms with Crippen molar-refractivity contribution in [2.24, 2.45) is 34.5 Å². The molecular weight excluding hydrogens is 276 g/mol. The highest BCUT2D eigenvalue weighted by Crippen LogP contribution is 2.52. The SMILES string of the molecule is CCC1(CC(C)CCC(C)CCCC2CC(C)(C)C2C)CCC1. The molecule has 0 heterocycles. The fourth-order valence-electron chi connectivity index (χ4n) is 5.53. The van der Waals surface area contributed by atoms with Crippen molar-refractivity contribution in [3.8, 4) is 0 Å². The van der Waals surface area contributed by atoms with Gasteiger partial charge in [0.15, 0.2) is 0 Å². The van der Waals surface area contributed by atoms with Crippen molar-refractivity contribution in [3.05, 3.63) is 0 Å². The van der Waals surface area contributed by atoms with E-state index in [9.17, 15) is 0 Å². The molecule has 23 heavy (non-hydrogen) atoms. The maximum atomic E-state index is 2.51. The summed E-state index contributed by atoms with van der Waals surface area (Å²) in [4.78, 5) is 0. The van der Waals surface area contributed by atoms with Gasteiger partial charge < -0.3 is 0 Å². The summed E-state index contributed by atoms with van der Waals surface area (Å²) < 4.78 is 0. The second kappa shape index (κ2) is 7.92. The Hall–Kier alpha value is 0. The first-order valence-corrected chi connectivity index (χ1v) is 10.8. The molecule has 0 aromatic rings. The lowest BCUT2D eigenvalue weighted by Crippen LogP contribution is -2.41. The van der Waals surface area contributed by atoms with Crippen LogP contribution in [0, 0.1) is 34.5 Å². The molecule has 2 aliphatic rings. The van der Waals surface area contributed by atoms with Crippen LogP contribution in [0.3, 0.4) is 0 Å². The zero-order valence-corrected chi connectivity index (χ0v) is 17.1. The Morgan fingerprint density at radius 3 is 2.13 bits per heavy atom. The Balaban J connectivity index is 1.54. The number of hydrogen-bond donors (Lipinski definition) is 0. The lowest BCUT2D eigenvalue weighted by molar-refractivity contribution is -0.00406. The van der Waals surface area contributed by atoms with E-state index < -0.39 is 0 Å². The lowest BCUT2D eigenvalue weighted by atomic mass is 9.55. The van der Waals surface area contributed by atoms with Crippen LogP contribution in [0.15, 0.2) is 0 Å². The average molecular weight is 321 g/mol. The highest BCUT2D eigenvalue weighted by molar-refractivity contribution is 4.93. The van der Waals surface area contributed by atoms with E-state index in [1.165, 1.54) is 70.6 Å². The van der Waals surface area contributed by atoms with Gasteiger partial charge in [-0.05, 0) is 60.2 Å². The molecule has 4 unspecified atom stereocenters. The Morgan fingerprint density at radius 2 is 1.65 bits per heavy atom. The minimum absolute atomic E-state index is 0.627. The molecule has 4 atom stereocenters. The molecule has 0 saturated heterocycles. The molecule has 0 amide bonds. The Labute approximate surface area is 147 Å². The van der Waals surface area contributed by atoms with Crippen molar-refractivity contribution in [2.75, 3.05) is 0 Å². The van der Waals surface area contributed by atoms with Gasteiger partial charge in [0.05, 0.1) is 0 Å². The van der Waals surface area contributed by atoms with E-state index in [1.807, 2.05) is 0 Å². The van der Waals surface area contributed by atoms with E-state index in [0.29, 0.717) is 5.41 Å². The van der Waals surface area contributed by atoms with Crippen LogP contribution in [0.2, 0.25) is 0 Å². The molecular formula is C23H44. The second-order valence-corrected chi connectivity index (χ2v) is 10.4. The average Bonchev–Trinajstić information content (AvgIpc) is 2.47. The Kier molecular flexibility index (Phi) is 6.66. The molecule has 0 radical (unpaired) electrons. The Bertz CT molecular complexity index is 344. The first-order valence-electron chi connectivity index (χ1n) is 10.8. The van der Waals surface area contributed by atoms with E-state index in [-0.39, 0.29) is 0 Å². The van der Waals surface area contributed by atoms with E-state index in [4.69, 9.17) is 0 Å². The molecule has 2 aliphatic carbocycles. The van der Waals surface area contributed by atoms with Gasteiger partial charge in [0.1, 0.15) is 0 Å². The van der Waals surface area contributed by atoms with Crippen molar-refractivity contribution in [2.45, 2.75) is 112 Å². The molecule has 2 saturated carbocycles. The zero-order chi connectivity index (χ0) is 17.1. The van der Waals surface area contributed by atoms with Gasteiger partial charge in [0.2, 0.25) is 0 Å². The fraction of sp³-hybridized carbons (Fsp3) is 1.00. The van der Waals surface area contributed by atoms with Crippen molar-refractivity contribution < 1.29 is 0 Å². The van der Waals surface area contributed by atoms with Crippen LogP contribution in [0.1, 0.15) is 112 Å². The standard InChI is InChI=1S/C23H44/c1-7-23(14-9-15-23)16-19(3)13-12-18(2)10-8-11-21-17-22(5,6)20(21)4/h18-21H,7-17H2,1-6H3. The number of hydrogen-bond acceptors (Lipinski definition) is 0. The van der Waals surface area contributed by atoms with E-state index >= 15 is 0 Å². The third kappa shape index (κ3) is 4.99. The Morgan fingerprint density at radius 1 is 1.00 bits per heavy atom. The van der Waals surface area contributed by atoms with Gasteiger partial charge in [-0.25, -0.2) is 0 Å². The molecule has 0 N–H and O–H groups in total. The highest BCUT2D eigenvalue weighted by Gasteiger charge is 2.43. The predicted octanol–water partition coefficient (Wildman–Crippen LogP) is 7.86. The molecule has 2 fully saturated rings. The van der Waals surface area contributed by atoms with Gasteiger partial charge in [-0.3, -0.25) is 0 Å². The summed E-state index contributed by atoms with van der Waals surface area (Å²) in [5, 5.41) is 0. The topological polar surface area (TPSA) is 0 Å². The fourth-order valence-corrected chi connectivity index (χ4v) is 5.53. The molecule has 0 aromatic heterocycles. The largest absolute Gasteiger partial charge is 0.0649 e. The summed E-state index contributed by atoms with van der Waals surface area (Å²) in [5.74, 6) is 3.87. The van der Waals surface area contributed by atoms with Crippen LogP contribution < -0.4 is 0 Å². The van der Waals surface area contributed by atoms with Crippen molar-refractivity contribution >= 4 is 0 Å². The molecule has 0 aliphatic heterocycles. The summed E-state index contributed by atoms with van der Waals surface area (Å²) in [6.45, 7) is 14.8.